The molecule has 15 heavy (non-hydrogen) atoms. The molecule has 0 saturated heterocycles. The van der Waals surface area contributed by atoms with E-state index in [1.165, 1.54) is 5.52 Å². The van der Waals surface area contributed by atoms with Gasteiger partial charge >= 0.3 is 0 Å². The normalized spacial score (nSPS) is 13.3. The highest BCUT2D eigenvalue weighted by Crippen LogP contribution is 2.22. The third-order valence-corrected chi connectivity index (χ3v) is 2.88. The second-order valence-electron chi connectivity index (χ2n) is 3.85. The van der Waals surface area contributed by atoms with Crippen LogP contribution in [0.3, 0.4) is 0 Å². The van der Waals surface area contributed by atoms with Gasteiger partial charge in [0.15, 0.2) is 0 Å². The van der Waals surface area contributed by atoms with Gasteiger partial charge in [-0.2, -0.15) is 0 Å². The molecule has 80 valence electrons. The quantitative estimate of drug-likeness (QED) is 0.832. The number of fused-ring (bicyclic) bond motifs is 1. The first-order valence-electron chi connectivity index (χ1n) is 5.43. The summed E-state index contributed by atoms with van der Waals surface area (Å²) in [6, 6.07) is 8.65. The van der Waals surface area contributed by atoms with Gasteiger partial charge in [-0.25, -0.2) is 4.98 Å². The Hall–Kier alpha value is -1.35. The lowest BCUT2D eigenvalue weighted by atomic mass is 10.2. The summed E-state index contributed by atoms with van der Waals surface area (Å²) in [6.07, 6.45) is 1.09. The fourth-order valence-electron chi connectivity index (χ4n) is 1.91. The molecule has 0 aliphatic rings. The van der Waals surface area contributed by atoms with Crippen molar-refractivity contribution in [2.75, 3.05) is 0 Å². The van der Waals surface area contributed by atoms with Crippen molar-refractivity contribution in [3.05, 3.63) is 30.1 Å². The maximum absolute atomic E-state index is 5.72. The van der Waals surface area contributed by atoms with E-state index in [4.69, 9.17) is 5.73 Å². The van der Waals surface area contributed by atoms with Gasteiger partial charge in [0.1, 0.15) is 5.82 Å². The molecule has 0 bridgehead atoms. The maximum atomic E-state index is 5.72. The van der Waals surface area contributed by atoms with Gasteiger partial charge in [0.25, 0.3) is 0 Å². The van der Waals surface area contributed by atoms with Gasteiger partial charge < -0.3 is 10.3 Å². The number of hydrogen-bond donors (Lipinski definition) is 1. The van der Waals surface area contributed by atoms with Crippen molar-refractivity contribution < 1.29 is 0 Å². The van der Waals surface area contributed by atoms with Crippen molar-refractivity contribution >= 4 is 11.0 Å². The van der Waals surface area contributed by atoms with E-state index in [1.54, 1.807) is 0 Å². The summed E-state index contributed by atoms with van der Waals surface area (Å²) in [4.78, 5) is 4.54. The van der Waals surface area contributed by atoms with Crippen LogP contribution in [0.4, 0.5) is 0 Å². The Morgan fingerprint density at radius 1 is 1.40 bits per heavy atom. The van der Waals surface area contributed by atoms with Gasteiger partial charge in [0.05, 0.1) is 17.6 Å². The zero-order valence-electron chi connectivity index (χ0n) is 9.27. The maximum Gasteiger partial charge on any atom is 0.123 e. The molecule has 0 amide bonds. The van der Waals surface area contributed by atoms with E-state index in [-0.39, 0.29) is 0 Å². The second-order valence-corrected chi connectivity index (χ2v) is 3.85. The molecule has 2 rings (SSSR count). The minimum atomic E-state index is 0.455. The topological polar surface area (TPSA) is 43.8 Å². The van der Waals surface area contributed by atoms with Crippen LogP contribution in [-0.2, 0) is 6.54 Å². The first-order chi connectivity index (χ1) is 7.27. The number of imidazole rings is 1. The molecule has 0 spiro atoms. The molecule has 2 aromatic rings. The molecule has 0 unspecified atom stereocenters. The van der Waals surface area contributed by atoms with E-state index in [2.05, 4.69) is 29.5 Å². The molecule has 2 N–H and O–H groups in total. The summed E-state index contributed by atoms with van der Waals surface area (Å²) in [5.74, 6) is 0.977. The molecular formula is C12H17N3. The molecule has 1 aromatic carbocycles. The fraction of sp³-hybridized carbons (Fsp3) is 0.417. The summed E-state index contributed by atoms with van der Waals surface area (Å²) in [5, 5.41) is 0. The minimum absolute atomic E-state index is 0.455. The van der Waals surface area contributed by atoms with Crippen molar-refractivity contribution in [2.24, 2.45) is 5.73 Å². The summed E-state index contributed by atoms with van der Waals surface area (Å²) in [7, 11) is 0. The van der Waals surface area contributed by atoms with Gasteiger partial charge in [-0.15, -0.1) is 0 Å². The number of nitrogens with zero attached hydrogens (tertiary/aromatic N) is 2. The van der Waals surface area contributed by atoms with E-state index >= 15 is 0 Å². The highest BCUT2D eigenvalue weighted by Gasteiger charge is 2.12. The predicted molar refractivity (Wildman–Crippen MR) is 62.6 cm³/mol. The fourth-order valence-corrected chi connectivity index (χ4v) is 1.91. The van der Waals surface area contributed by atoms with Crippen LogP contribution in [0.25, 0.3) is 11.0 Å². The molecule has 3 nitrogen and oxygen atoms in total. The SMILES string of the molecule is CC[C@@H](C)n1c(CN)nc2ccccc21. The Morgan fingerprint density at radius 3 is 2.80 bits per heavy atom. The third kappa shape index (κ3) is 1.63. The summed E-state index contributed by atoms with van der Waals surface area (Å²) in [5.41, 5.74) is 7.95. The van der Waals surface area contributed by atoms with Crippen LogP contribution in [0.5, 0.6) is 0 Å². The number of aromatic nitrogens is 2. The number of hydrogen-bond acceptors (Lipinski definition) is 2. The zero-order chi connectivity index (χ0) is 10.8. The Kier molecular flexibility index (Phi) is 2.73. The van der Waals surface area contributed by atoms with Crippen LogP contribution in [0.15, 0.2) is 24.3 Å². The van der Waals surface area contributed by atoms with Gasteiger partial charge in [0, 0.05) is 6.04 Å². The molecule has 0 saturated carbocycles. The lowest BCUT2D eigenvalue weighted by Crippen LogP contribution is -2.11. The number of para-hydroxylation sites is 2. The monoisotopic (exact) mass is 203 g/mol. The smallest absolute Gasteiger partial charge is 0.123 e. The Bertz CT molecular complexity index is 459. The number of benzene rings is 1. The van der Waals surface area contributed by atoms with Crippen LogP contribution < -0.4 is 5.73 Å². The van der Waals surface area contributed by atoms with Crippen molar-refractivity contribution in [3.63, 3.8) is 0 Å². The largest absolute Gasteiger partial charge is 0.324 e. The molecule has 3 heteroatoms. The van der Waals surface area contributed by atoms with Crippen LogP contribution in [0, 0.1) is 0 Å². The van der Waals surface area contributed by atoms with Crippen LogP contribution >= 0.6 is 0 Å². The van der Waals surface area contributed by atoms with Crippen molar-refractivity contribution in [2.45, 2.75) is 32.9 Å². The summed E-state index contributed by atoms with van der Waals surface area (Å²) >= 11 is 0. The van der Waals surface area contributed by atoms with Crippen molar-refractivity contribution in [3.8, 4) is 0 Å². The molecule has 1 atom stereocenters. The average molecular weight is 203 g/mol. The van der Waals surface area contributed by atoms with Crippen molar-refractivity contribution in [1.82, 2.24) is 9.55 Å². The Labute approximate surface area is 89.9 Å². The van der Waals surface area contributed by atoms with E-state index in [9.17, 15) is 0 Å². The summed E-state index contributed by atoms with van der Waals surface area (Å²) in [6.45, 7) is 4.88. The predicted octanol–water partition coefficient (Wildman–Crippen LogP) is 2.47. The second kappa shape index (κ2) is 4.03. The van der Waals surface area contributed by atoms with E-state index in [0.717, 1.165) is 17.8 Å². The molecular weight excluding hydrogens is 186 g/mol. The molecule has 0 fully saturated rings. The number of nitrogens with two attached hydrogens (primary N) is 1. The Morgan fingerprint density at radius 2 is 2.13 bits per heavy atom. The van der Waals surface area contributed by atoms with E-state index in [0.29, 0.717) is 12.6 Å². The first-order valence-corrected chi connectivity index (χ1v) is 5.43. The third-order valence-electron chi connectivity index (χ3n) is 2.88. The molecule has 1 heterocycles. The highest BCUT2D eigenvalue weighted by atomic mass is 15.1. The van der Waals surface area contributed by atoms with Crippen LogP contribution in [0.1, 0.15) is 32.1 Å². The van der Waals surface area contributed by atoms with Crippen molar-refractivity contribution in [1.29, 1.82) is 0 Å². The molecule has 0 aliphatic carbocycles. The van der Waals surface area contributed by atoms with Gasteiger partial charge in [-0.05, 0) is 25.5 Å². The molecule has 0 radical (unpaired) electrons. The van der Waals surface area contributed by atoms with E-state index < -0.39 is 0 Å². The van der Waals surface area contributed by atoms with Crippen LogP contribution in [0.2, 0.25) is 0 Å². The zero-order valence-corrected chi connectivity index (χ0v) is 9.27. The van der Waals surface area contributed by atoms with Gasteiger partial charge in [0.2, 0.25) is 0 Å². The lowest BCUT2D eigenvalue weighted by molar-refractivity contribution is 0.522. The summed E-state index contributed by atoms with van der Waals surface area (Å²) < 4.78 is 2.25. The van der Waals surface area contributed by atoms with Crippen LogP contribution in [-0.4, -0.2) is 9.55 Å². The minimum Gasteiger partial charge on any atom is -0.324 e. The average Bonchev–Trinajstić information content (AvgIpc) is 2.66. The Balaban J connectivity index is 2.66. The highest BCUT2D eigenvalue weighted by molar-refractivity contribution is 5.76. The molecule has 0 aliphatic heterocycles. The van der Waals surface area contributed by atoms with Gasteiger partial charge in [-0.1, -0.05) is 19.1 Å². The number of rotatable bonds is 3. The molecule has 1 aromatic heterocycles. The lowest BCUT2D eigenvalue weighted by Gasteiger charge is -2.14. The van der Waals surface area contributed by atoms with E-state index in [1.807, 2.05) is 18.2 Å². The standard InChI is InChI=1S/C12H17N3/c1-3-9(2)15-11-7-5-4-6-10(11)14-12(15)8-13/h4-7,9H,3,8,13H2,1-2H3/t9-/m1/s1. The first kappa shape index (κ1) is 10.2. The van der Waals surface area contributed by atoms with Gasteiger partial charge in [-0.3, -0.25) is 0 Å².